The van der Waals surface area contributed by atoms with Gasteiger partial charge in [-0.05, 0) is 0 Å². The van der Waals surface area contributed by atoms with Crippen LogP contribution in [0.3, 0.4) is 0 Å². The molecule has 0 aliphatic rings. The Bertz CT molecular complexity index is 320. The predicted octanol–water partition coefficient (Wildman–Crippen LogP) is 2.26. The molecular weight excluding hydrogens is 202 g/mol. The molecule has 0 spiro atoms. The average molecular weight is 209 g/mol. The Morgan fingerprint density at radius 3 is 2.69 bits per heavy atom. The van der Waals surface area contributed by atoms with Gasteiger partial charge in [0.1, 0.15) is 5.56 Å². The van der Waals surface area contributed by atoms with E-state index in [1.165, 1.54) is 13.3 Å². The molecule has 72 valence electrons. The van der Waals surface area contributed by atoms with Crippen molar-refractivity contribution in [3.05, 3.63) is 16.8 Å². The molecule has 13 heavy (non-hydrogen) atoms. The number of pyridine rings is 1. The molecule has 0 atom stereocenters. The van der Waals surface area contributed by atoms with Crippen molar-refractivity contribution in [1.29, 1.82) is 0 Å². The van der Waals surface area contributed by atoms with E-state index in [4.69, 9.17) is 17.3 Å². The average Bonchev–Trinajstić information content (AvgIpc) is 2.08. The zero-order valence-electron chi connectivity index (χ0n) is 6.72. The summed E-state index contributed by atoms with van der Waals surface area (Å²) in [6.45, 7) is 0. The number of halogens is 3. The van der Waals surface area contributed by atoms with Crippen molar-refractivity contribution in [3.63, 3.8) is 0 Å². The molecule has 0 unspecified atom stereocenters. The highest BCUT2D eigenvalue weighted by molar-refractivity contribution is 6.33. The van der Waals surface area contributed by atoms with Gasteiger partial charge in [0.2, 0.25) is 5.88 Å². The predicted molar refractivity (Wildman–Crippen MR) is 45.2 cm³/mol. The Morgan fingerprint density at radius 2 is 2.23 bits per heavy atom. The fraction of sp³-hybridized carbons (Fsp3) is 0.286. The summed E-state index contributed by atoms with van der Waals surface area (Å²) in [6.07, 6.45) is -1.58. The maximum absolute atomic E-state index is 12.4. The first-order valence-electron chi connectivity index (χ1n) is 3.34. The summed E-state index contributed by atoms with van der Waals surface area (Å²) in [6, 6.07) is 0. The van der Waals surface area contributed by atoms with Crippen molar-refractivity contribution in [1.82, 2.24) is 4.98 Å². The van der Waals surface area contributed by atoms with E-state index in [0.29, 0.717) is 0 Å². The van der Waals surface area contributed by atoms with Crippen LogP contribution in [0.15, 0.2) is 6.20 Å². The standard InChI is InChI=1S/C7H7ClF2N2O/c1-13-7-4(6(9)10)5(11)3(8)2-12-7/h2,6H,1H3,(H2,11,12). The van der Waals surface area contributed by atoms with Gasteiger partial charge >= 0.3 is 0 Å². The molecule has 1 aromatic heterocycles. The van der Waals surface area contributed by atoms with Crippen molar-refractivity contribution in [3.8, 4) is 5.88 Å². The van der Waals surface area contributed by atoms with Crippen molar-refractivity contribution < 1.29 is 13.5 Å². The van der Waals surface area contributed by atoms with Crippen LogP contribution in [-0.4, -0.2) is 12.1 Å². The lowest BCUT2D eigenvalue weighted by molar-refractivity contribution is 0.147. The number of anilines is 1. The second-order valence-electron chi connectivity index (χ2n) is 2.24. The van der Waals surface area contributed by atoms with E-state index in [0.717, 1.165) is 0 Å². The molecule has 0 aliphatic carbocycles. The number of nitrogen functional groups attached to an aromatic ring is 1. The molecule has 3 nitrogen and oxygen atoms in total. The number of aromatic nitrogens is 1. The Kier molecular flexibility index (Phi) is 2.87. The molecule has 1 aromatic rings. The minimum absolute atomic E-state index is 0.00361. The first-order valence-corrected chi connectivity index (χ1v) is 3.71. The SMILES string of the molecule is COc1ncc(Cl)c(N)c1C(F)F. The van der Waals surface area contributed by atoms with Gasteiger partial charge in [-0.15, -0.1) is 0 Å². The summed E-state index contributed by atoms with van der Waals surface area (Å²) >= 11 is 5.51. The largest absolute Gasteiger partial charge is 0.481 e. The monoisotopic (exact) mass is 208 g/mol. The normalized spacial score (nSPS) is 10.5. The lowest BCUT2D eigenvalue weighted by Crippen LogP contribution is -2.01. The van der Waals surface area contributed by atoms with Crippen LogP contribution in [0.2, 0.25) is 5.02 Å². The van der Waals surface area contributed by atoms with Gasteiger partial charge in [-0.2, -0.15) is 0 Å². The quantitative estimate of drug-likeness (QED) is 0.811. The van der Waals surface area contributed by atoms with Gasteiger partial charge in [-0.1, -0.05) is 11.6 Å². The summed E-state index contributed by atoms with van der Waals surface area (Å²) in [4.78, 5) is 3.56. The fourth-order valence-electron chi connectivity index (χ4n) is 0.872. The zero-order chi connectivity index (χ0) is 10.0. The van der Waals surface area contributed by atoms with Gasteiger partial charge in [0, 0.05) is 0 Å². The molecule has 2 N–H and O–H groups in total. The van der Waals surface area contributed by atoms with Gasteiger partial charge in [0.25, 0.3) is 6.43 Å². The van der Waals surface area contributed by atoms with Gasteiger partial charge in [-0.3, -0.25) is 0 Å². The molecule has 6 heteroatoms. The highest BCUT2D eigenvalue weighted by Gasteiger charge is 2.20. The van der Waals surface area contributed by atoms with E-state index >= 15 is 0 Å². The molecule has 0 aliphatic heterocycles. The molecule has 1 heterocycles. The van der Waals surface area contributed by atoms with Gasteiger partial charge < -0.3 is 10.5 Å². The van der Waals surface area contributed by atoms with Crippen LogP contribution in [0.25, 0.3) is 0 Å². The number of nitrogens with two attached hydrogens (primary N) is 1. The number of alkyl halides is 2. The summed E-state index contributed by atoms with van der Waals surface area (Å²) < 4.78 is 29.4. The molecule has 0 amide bonds. The number of rotatable bonds is 2. The zero-order valence-corrected chi connectivity index (χ0v) is 7.48. The van der Waals surface area contributed by atoms with Crippen LogP contribution in [0.4, 0.5) is 14.5 Å². The Hall–Kier alpha value is -1.10. The Labute approximate surface area is 78.5 Å². The van der Waals surface area contributed by atoms with E-state index in [1.54, 1.807) is 0 Å². The molecular formula is C7H7ClF2N2O. The molecule has 0 radical (unpaired) electrons. The highest BCUT2D eigenvalue weighted by Crippen LogP contribution is 2.35. The van der Waals surface area contributed by atoms with Crippen LogP contribution >= 0.6 is 11.6 Å². The molecule has 0 aromatic carbocycles. The van der Waals surface area contributed by atoms with Crippen molar-refractivity contribution >= 4 is 17.3 Å². The smallest absolute Gasteiger partial charge is 0.271 e. The number of methoxy groups -OCH3 is 1. The maximum Gasteiger partial charge on any atom is 0.271 e. The van der Waals surface area contributed by atoms with Crippen LogP contribution in [0.1, 0.15) is 12.0 Å². The van der Waals surface area contributed by atoms with Crippen molar-refractivity contribution in [2.45, 2.75) is 6.43 Å². The van der Waals surface area contributed by atoms with Crippen LogP contribution in [0.5, 0.6) is 5.88 Å². The van der Waals surface area contributed by atoms with E-state index in [-0.39, 0.29) is 16.6 Å². The van der Waals surface area contributed by atoms with Crippen molar-refractivity contribution in [2.24, 2.45) is 0 Å². The van der Waals surface area contributed by atoms with Crippen LogP contribution in [0, 0.1) is 0 Å². The number of ether oxygens (including phenoxy) is 1. The van der Waals surface area contributed by atoms with E-state index in [1.807, 2.05) is 0 Å². The molecule has 0 fully saturated rings. The molecule has 0 saturated carbocycles. The lowest BCUT2D eigenvalue weighted by Gasteiger charge is -2.09. The fourth-order valence-corrected chi connectivity index (χ4v) is 1.02. The Balaban J connectivity index is 3.32. The number of hydrogen-bond acceptors (Lipinski definition) is 3. The van der Waals surface area contributed by atoms with Gasteiger partial charge in [0.15, 0.2) is 0 Å². The summed E-state index contributed by atoms with van der Waals surface area (Å²) in [5, 5.41) is -0.00361. The molecule has 0 bridgehead atoms. The number of hydrogen-bond donors (Lipinski definition) is 1. The summed E-state index contributed by atoms with van der Waals surface area (Å²) in [5.74, 6) is -0.197. The second kappa shape index (κ2) is 3.74. The van der Waals surface area contributed by atoms with Gasteiger partial charge in [0.05, 0.1) is 24.0 Å². The maximum atomic E-state index is 12.4. The van der Waals surface area contributed by atoms with Crippen LogP contribution < -0.4 is 10.5 Å². The summed E-state index contributed by atoms with van der Waals surface area (Å²) in [7, 11) is 1.24. The first-order chi connectivity index (χ1) is 6.07. The minimum atomic E-state index is -2.75. The third-order valence-electron chi connectivity index (χ3n) is 1.48. The topological polar surface area (TPSA) is 48.1 Å². The van der Waals surface area contributed by atoms with E-state index in [9.17, 15) is 8.78 Å². The lowest BCUT2D eigenvalue weighted by atomic mass is 10.2. The van der Waals surface area contributed by atoms with Crippen molar-refractivity contribution in [2.75, 3.05) is 12.8 Å². The van der Waals surface area contributed by atoms with Crippen LogP contribution in [-0.2, 0) is 0 Å². The van der Waals surface area contributed by atoms with E-state index in [2.05, 4.69) is 9.72 Å². The van der Waals surface area contributed by atoms with E-state index < -0.39 is 12.0 Å². The number of nitrogens with zero attached hydrogens (tertiary/aromatic N) is 1. The second-order valence-corrected chi connectivity index (χ2v) is 2.65. The highest BCUT2D eigenvalue weighted by atomic mass is 35.5. The molecule has 0 saturated heterocycles. The third-order valence-corrected chi connectivity index (χ3v) is 1.79. The summed E-state index contributed by atoms with van der Waals surface area (Å²) in [5.41, 5.74) is 4.67. The van der Waals surface area contributed by atoms with Gasteiger partial charge in [-0.25, -0.2) is 13.8 Å². The first kappa shape index (κ1) is 9.98. The molecule has 1 rings (SSSR count). The minimum Gasteiger partial charge on any atom is -0.481 e. The third kappa shape index (κ3) is 1.80. The Morgan fingerprint density at radius 1 is 1.62 bits per heavy atom.